The fourth-order valence-corrected chi connectivity index (χ4v) is 4.97. The molecule has 0 bridgehead atoms. The maximum atomic E-state index is 13.9. The van der Waals surface area contributed by atoms with Crippen LogP contribution in [0.25, 0.3) is 0 Å². The summed E-state index contributed by atoms with van der Waals surface area (Å²) in [5.41, 5.74) is 2.97. The number of imidazole rings is 1. The fourth-order valence-electron chi connectivity index (χ4n) is 3.87. The van der Waals surface area contributed by atoms with E-state index in [2.05, 4.69) is 11.5 Å². The predicted octanol–water partition coefficient (Wildman–Crippen LogP) is 4.90. The van der Waals surface area contributed by atoms with Crippen LogP contribution in [0.3, 0.4) is 0 Å². The van der Waals surface area contributed by atoms with Crippen molar-refractivity contribution >= 4 is 17.7 Å². The average molecular weight is 420 g/mol. The van der Waals surface area contributed by atoms with Crippen LogP contribution >= 0.6 is 11.8 Å². The monoisotopic (exact) mass is 419 g/mol. The minimum Gasteiger partial charge on any atom is -0.494 e. The topological polar surface area (TPSA) is 47.4 Å². The zero-order chi connectivity index (χ0) is 21.0. The van der Waals surface area contributed by atoms with Crippen molar-refractivity contribution in [3.05, 3.63) is 41.0 Å². The van der Waals surface area contributed by atoms with Gasteiger partial charge in [-0.2, -0.15) is 0 Å². The van der Waals surface area contributed by atoms with Crippen LogP contribution in [0.1, 0.15) is 55.1 Å². The van der Waals surface area contributed by atoms with Gasteiger partial charge in [0.25, 0.3) is 0 Å². The van der Waals surface area contributed by atoms with Gasteiger partial charge in [0.2, 0.25) is 5.91 Å². The number of aromatic nitrogens is 2. The molecule has 1 aromatic heterocycles. The highest BCUT2D eigenvalue weighted by atomic mass is 32.2. The molecule has 0 atom stereocenters. The minimum absolute atomic E-state index is 0.000253. The molecule has 0 radical (unpaired) electrons. The molecule has 0 unspecified atom stereocenters. The first-order chi connectivity index (χ1) is 13.9. The van der Waals surface area contributed by atoms with E-state index in [1.165, 1.54) is 62.7 Å². The van der Waals surface area contributed by atoms with Gasteiger partial charge in [-0.05, 0) is 44.4 Å². The van der Waals surface area contributed by atoms with Crippen molar-refractivity contribution in [2.45, 2.75) is 63.7 Å². The average Bonchev–Trinajstić information content (AvgIpc) is 3.00. The number of amides is 1. The van der Waals surface area contributed by atoms with Gasteiger partial charge in [-0.15, -0.1) is 0 Å². The molecule has 1 amide bonds. The molecular formula is C22H30FN3O2S. The Kier molecular flexibility index (Phi) is 7.22. The van der Waals surface area contributed by atoms with Crippen LogP contribution < -0.4 is 4.74 Å². The van der Waals surface area contributed by atoms with Crippen LogP contribution in [0.2, 0.25) is 0 Å². The Balaban J connectivity index is 1.63. The molecule has 2 aromatic rings. The minimum atomic E-state index is -0.416. The van der Waals surface area contributed by atoms with Gasteiger partial charge < -0.3 is 14.2 Å². The zero-order valence-electron chi connectivity index (χ0n) is 17.7. The van der Waals surface area contributed by atoms with Gasteiger partial charge in [-0.1, -0.05) is 37.1 Å². The van der Waals surface area contributed by atoms with E-state index in [1.54, 1.807) is 24.1 Å². The third-order valence-electron chi connectivity index (χ3n) is 5.68. The molecule has 0 N–H and O–H groups in total. The summed E-state index contributed by atoms with van der Waals surface area (Å²) in [4.78, 5) is 19.0. The first-order valence-corrected chi connectivity index (χ1v) is 11.1. The van der Waals surface area contributed by atoms with Crippen molar-refractivity contribution in [1.29, 1.82) is 0 Å². The van der Waals surface area contributed by atoms with Crippen LogP contribution in [0, 0.1) is 19.7 Å². The second-order valence-electron chi connectivity index (χ2n) is 7.73. The van der Waals surface area contributed by atoms with E-state index in [9.17, 15) is 9.18 Å². The van der Waals surface area contributed by atoms with Crippen LogP contribution in [-0.4, -0.2) is 40.3 Å². The van der Waals surface area contributed by atoms with E-state index >= 15 is 0 Å². The Morgan fingerprint density at radius 1 is 1.31 bits per heavy atom. The smallest absolute Gasteiger partial charge is 0.233 e. The van der Waals surface area contributed by atoms with Crippen molar-refractivity contribution in [2.75, 3.05) is 19.9 Å². The first-order valence-electron chi connectivity index (χ1n) is 10.1. The number of methoxy groups -OCH3 is 1. The van der Waals surface area contributed by atoms with Crippen molar-refractivity contribution in [1.82, 2.24) is 14.5 Å². The molecule has 1 aromatic carbocycles. The lowest BCUT2D eigenvalue weighted by molar-refractivity contribution is -0.127. The van der Waals surface area contributed by atoms with Crippen LogP contribution in [0.4, 0.5) is 4.39 Å². The molecule has 1 aliphatic rings. The molecule has 1 aliphatic carbocycles. The molecule has 0 spiro atoms. The molecule has 1 saturated carbocycles. The Hall–Kier alpha value is -2.02. The lowest BCUT2D eigenvalue weighted by Gasteiger charge is -2.26. The molecule has 7 heteroatoms. The molecule has 1 fully saturated rings. The quantitative estimate of drug-likeness (QED) is 0.599. The Bertz CT molecular complexity index is 862. The number of rotatable bonds is 7. The Labute approximate surface area is 176 Å². The molecule has 158 valence electrons. The van der Waals surface area contributed by atoms with Gasteiger partial charge in [0, 0.05) is 25.3 Å². The summed E-state index contributed by atoms with van der Waals surface area (Å²) in [7, 11) is 3.18. The summed E-state index contributed by atoms with van der Waals surface area (Å²) in [5.74, 6) is 0.108. The number of thioether (sulfide) groups is 1. The molecular weight excluding hydrogens is 389 g/mol. The third-order valence-corrected chi connectivity index (χ3v) is 6.62. The number of ether oxygens (including phenoxy) is 1. The second kappa shape index (κ2) is 9.65. The van der Waals surface area contributed by atoms with Gasteiger partial charge in [-0.3, -0.25) is 4.79 Å². The number of hydrogen-bond donors (Lipinski definition) is 0. The number of halogens is 1. The summed E-state index contributed by atoms with van der Waals surface area (Å²) in [6.07, 6.45) is 6.18. The van der Waals surface area contributed by atoms with Gasteiger partial charge >= 0.3 is 0 Å². The summed E-state index contributed by atoms with van der Waals surface area (Å²) >= 11 is 1.50. The Morgan fingerprint density at radius 2 is 2.03 bits per heavy atom. The maximum absolute atomic E-state index is 13.9. The van der Waals surface area contributed by atoms with Crippen LogP contribution in [0.5, 0.6) is 5.75 Å². The fraction of sp³-hybridized carbons (Fsp3) is 0.545. The standard InChI is InChI=1S/C22H30FN3O2S/c1-15-16(2)26(18-8-6-5-7-9-18)22(24-15)29-14-21(27)25(3)13-17-10-11-20(28-4)19(23)12-17/h10-12,18H,5-9,13-14H2,1-4H3. The molecule has 0 aliphatic heterocycles. The number of benzene rings is 1. The summed E-state index contributed by atoms with van der Waals surface area (Å²) in [6.45, 7) is 4.51. The number of aryl methyl sites for hydroxylation is 1. The van der Waals surface area contributed by atoms with E-state index in [0.29, 0.717) is 18.3 Å². The number of carbonyl (C=O) groups is 1. The molecule has 3 rings (SSSR count). The second-order valence-corrected chi connectivity index (χ2v) is 8.68. The van der Waals surface area contributed by atoms with Crippen molar-refractivity contribution in [2.24, 2.45) is 0 Å². The normalized spacial score (nSPS) is 14.8. The first kappa shape index (κ1) is 21.7. The SMILES string of the molecule is COc1ccc(CN(C)C(=O)CSc2nc(C)c(C)n2C2CCCCC2)cc1F. The maximum Gasteiger partial charge on any atom is 0.233 e. The van der Waals surface area contributed by atoms with Gasteiger partial charge in [0.1, 0.15) is 0 Å². The third kappa shape index (κ3) is 5.13. The van der Waals surface area contributed by atoms with Gasteiger partial charge in [0.15, 0.2) is 16.7 Å². The van der Waals surface area contributed by atoms with Crippen molar-refractivity contribution < 1.29 is 13.9 Å². The van der Waals surface area contributed by atoms with E-state index in [1.807, 2.05) is 6.92 Å². The summed E-state index contributed by atoms with van der Waals surface area (Å²) < 4.78 is 21.2. The summed E-state index contributed by atoms with van der Waals surface area (Å²) in [6, 6.07) is 5.27. The molecule has 5 nitrogen and oxygen atoms in total. The molecule has 29 heavy (non-hydrogen) atoms. The lowest BCUT2D eigenvalue weighted by atomic mass is 9.95. The zero-order valence-corrected chi connectivity index (χ0v) is 18.5. The highest BCUT2D eigenvalue weighted by molar-refractivity contribution is 7.99. The van der Waals surface area contributed by atoms with E-state index in [0.717, 1.165) is 16.4 Å². The predicted molar refractivity (Wildman–Crippen MR) is 114 cm³/mol. The number of carbonyl (C=O) groups excluding carboxylic acids is 1. The van der Waals surface area contributed by atoms with Crippen LogP contribution in [0.15, 0.2) is 23.4 Å². The van der Waals surface area contributed by atoms with E-state index in [-0.39, 0.29) is 11.7 Å². The lowest BCUT2D eigenvalue weighted by Crippen LogP contribution is -2.28. The van der Waals surface area contributed by atoms with Crippen molar-refractivity contribution in [3.8, 4) is 5.75 Å². The van der Waals surface area contributed by atoms with Gasteiger partial charge in [0.05, 0.1) is 18.6 Å². The number of hydrogen-bond acceptors (Lipinski definition) is 4. The molecule has 1 heterocycles. The summed E-state index contributed by atoms with van der Waals surface area (Å²) in [5, 5.41) is 0.934. The van der Waals surface area contributed by atoms with Crippen LogP contribution in [-0.2, 0) is 11.3 Å². The van der Waals surface area contributed by atoms with E-state index < -0.39 is 5.82 Å². The Morgan fingerprint density at radius 3 is 2.69 bits per heavy atom. The highest BCUT2D eigenvalue weighted by Crippen LogP contribution is 2.34. The highest BCUT2D eigenvalue weighted by Gasteiger charge is 2.23. The van der Waals surface area contributed by atoms with Crippen molar-refractivity contribution in [3.63, 3.8) is 0 Å². The molecule has 0 saturated heterocycles. The number of nitrogens with zero attached hydrogens (tertiary/aromatic N) is 3. The van der Waals surface area contributed by atoms with E-state index in [4.69, 9.17) is 9.72 Å². The van der Waals surface area contributed by atoms with Gasteiger partial charge in [-0.25, -0.2) is 9.37 Å². The largest absolute Gasteiger partial charge is 0.494 e.